The van der Waals surface area contributed by atoms with E-state index in [1.54, 1.807) is 4.90 Å². The van der Waals surface area contributed by atoms with Gasteiger partial charge in [0.25, 0.3) is 11.7 Å². The summed E-state index contributed by atoms with van der Waals surface area (Å²) in [4.78, 5) is 30.1. The van der Waals surface area contributed by atoms with Crippen LogP contribution in [-0.2, 0) is 14.3 Å². The lowest BCUT2D eigenvalue weighted by Gasteiger charge is -2.31. The molecule has 0 spiro atoms. The number of rotatable bonds is 5. The fourth-order valence-electron chi connectivity index (χ4n) is 4.31. The number of nitrogens with zero attached hydrogens (tertiary/aromatic N) is 2. The van der Waals surface area contributed by atoms with Gasteiger partial charge in [-0.1, -0.05) is 29.8 Å². The highest BCUT2D eigenvalue weighted by Gasteiger charge is 2.46. The van der Waals surface area contributed by atoms with Crippen molar-refractivity contribution in [3.8, 4) is 0 Å². The van der Waals surface area contributed by atoms with E-state index in [0.717, 1.165) is 33.4 Å². The fourth-order valence-corrected chi connectivity index (χ4v) is 4.67. The Kier molecular flexibility index (Phi) is 6.97. The first kappa shape index (κ1) is 22.9. The van der Waals surface area contributed by atoms with Crippen molar-refractivity contribution in [2.24, 2.45) is 0 Å². The summed E-state index contributed by atoms with van der Waals surface area (Å²) in [6.07, 6.45) is 0. The number of aliphatic hydroxyl groups is 1. The van der Waals surface area contributed by atoms with Crippen molar-refractivity contribution in [2.75, 3.05) is 39.4 Å². The number of carbonyl (C=O) groups excluding carboxylic acids is 2. The van der Waals surface area contributed by atoms with Crippen LogP contribution in [0.15, 0.2) is 48.0 Å². The molecule has 2 aliphatic rings. The highest BCUT2D eigenvalue weighted by Crippen LogP contribution is 2.40. The Morgan fingerprint density at radius 2 is 1.75 bits per heavy atom. The lowest BCUT2D eigenvalue weighted by atomic mass is 9.93. The maximum absolute atomic E-state index is 13.2. The largest absolute Gasteiger partial charge is 0.507 e. The normalized spacial score (nSPS) is 21.3. The summed E-state index contributed by atoms with van der Waals surface area (Å²) in [5.74, 6) is -1.30. The standard InChI is InChI=1S/C25H27IN2O4/c1-16-3-4-17(2)20(15-16)23(29)21-22(18-5-7-19(26)8-6-18)28(25(31)24(21)30)10-9-27-11-13-32-14-12-27/h3-8,15,22,29H,9-14H2,1-2H3/b23-21+. The molecule has 1 N–H and O–H groups in total. The van der Waals surface area contributed by atoms with Gasteiger partial charge in [-0.15, -0.1) is 0 Å². The Hall–Kier alpha value is -2.23. The lowest BCUT2D eigenvalue weighted by molar-refractivity contribution is -0.140. The predicted octanol–water partition coefficient (Wildman–Crippen LogP) is 3.66. The number of ketones is 1. The van der Waals surface area contributed by atoms with Crippen LogP contribution < -0.4 is 0 Å². The van der Waals surface area contributed by atoms with E-state index in [2.05, 4.69) is 27.5 Å². The number of ether oxygens (including phenoxy) is 1. The summed E-state index contributed by atoms with van der Waals surface area (Å²) in [7, 11) is 0. The monoisotopic (exact) mass is 546 g/mol. The molecule has 0 aromatic heterocycles. The van der Waals surface area contributed by atoms with Crippen molar-refractivity contribution in [3.05, 3.63) is 73.9 Å². The zero-order valence-electron chi connectivity index (χ0n) is 18.3. The Morgan fingerprint density at radius 3 is 2.44 bits per heavy atom. The molecule has 2 fully saturated rings. The third-order valence-electron chi connectivity index (χ3n) is 6.13. The van der Waals surface area contributed by atoms with Crippen molar-refractivity contribution < 1.29 is 19.4 Å². The van der Waals surface area contributed by atoms with E-state index in [1.165, 1.54) is 0 Å². The Bertz CT molecular complexity index is 1060. The first-order valence-corrected chi connectivity index (χ1v) is 11.9. The number of carbonyl (C=O) groups is 2. The molecule has 4 rings (SSSR count). The number of hydrogen-bond donors (Lipinski definition) is 1. The van der Waals surface area contributed by atoms with Gasteiger partial charge in [-0.05, 0) is 65.8 Å². The Balaban J connectivity index is 1.76. The molecular formula is C25H27IN2O4. The molecule has 1 unspecified atom stereocenters. The van der Waals surface area contributed by atoms with Gasteiger partial charge in [0, 0.05) is 35.3 Å². The number of aryl methyl sites for hydroxylation is 2. The van der Waals surface area contributed by atoms with Gasteiger partial charge in [0.2, 0.25) is 0 Å². The number of likely N-dealkylation sites (tertiary alicyclic amines) is 1. The van der Waals surface area contributed by atoms with Crippen LogP contribution in [-0.4, -0.2) is 66.0 Å². The van der Waals surface area contributed by atoms with Gasteiger partial charge in [0.15, 0.2) is 0 Å². The lowest BCUT2D eigenvalue weighted by Crippen LogP contribution is -2.42. The van der Waals surface area contributed by atoms with E-state index < -0.39 is 17.7 Å². The average Bonchev–Trinajstić information content (AvgIpc) is 3.05. The van der Waals surface area contributed by atoms with Gasteiger partial charge in [0.1, 0.15) is 5.76 Å². The molecule has 0 radical (unpaired) electrons. The van der Waals surface area contributed by atoms with E-state index >= 15 is 0 Å². The summed E-state index contributed by atoms with van der Waals surface area (Å²) in [6, 6.07) is 12.9. The predicted molar refractivity (Wildman–Crippen MR) is 131 cm³/mol. The molecular weight excluding hydrogens is 519 g/mol. The minimum atomic E-state index is -0.631. The highest BCUT2D eigenvalue weighted by molar-refractivity contribution is 14.1. The minimum absolute atomic E-state index is 0.109. The summed E-state index contributed by atoms with van der Waals surface area (Å²) in [5, 5.41) is 11.3. The first-order chi connectivity index (χ1) is 15.4. The van der Waals surface area contributed by atoms with Crippen LogP contribution in [0.4, 0.5) is 0 Å². The number of morpholine rings is 1. The maximum atomic E-state index is 13.2. The molecule has 0 bridgehead atoms. The van der Waals surface area contributed by atoms with Crippen LogP contribution >= 0.6 is 22.6 Å². The van der Waals surface area contributed by atoms with E-state index in [1.807, 2.05) is 56.3 Å². The van der Waals surface area contributed by atoms with Gasteiger partial charge >= 0.3 is 0 Å². The number of halogens is 1. The van der Waals surface area contributed by atoms with Crippen LogP contribution in [0.2, 0.25) is 0 Å². The number of hydrogen-bond acceptors (Lipinski definition) is 5. The molecule has 2 aliphatic heterocycles. The highest BCUT2D eigenvalue weighted by atomic mass is 127. The number of aliphatic hydroxyl groups excluding tert-OH is 1. The van der Waals surface area contributed by atoms with E-state index in [9.17, 15) is 14.7 Å². The topological polar surface area (TPSA) is 70.1 Å². The summed E-state index contributed by atoms with van der Waals surface area (Å²) < 4.78 is 6.47. The molecule has 0 saturated carbocycles. The van der Waals surface area contributed by atoms with Gasteiger partial charge in [-0.25, -0.2) is 0 Å². The van der Waals surface area contributed by atoms with Gasteiger partial charge in [0.05, 0.1) is 24.8 Å². The SMILES string of the molecule is Cc1ccc(C)c(/C(O)=C2\C(=O)C(=O)N(CCN3CCOCC3)C2c2ccc(I)cc2)c1. The van der Waals surface area contributed by atoms with Crippen molar-refractivity contribution in [1.82, 2.24) is 9.80 Å². The zero-order valence-corrected chi connectivity index (χ0v) is 20.5. The molecule has 1 amide bonds. The van der Waals surface area contributed by atoms with Crippen LogP contribution in [0, 0.1) is 17.4 Å². The maximum Gasteiger partial charge on any atom is 0.295 e. The van der Waals surface area contributed by atoms with Crippen LogP contribution in [0.25, 0.3) is 5.76 Å². The summed E-state index contributed by atoms with van der Waals surface area (Å²) in [5.41, 5.74) is 3.40. The van der Waals surface area contributed by atoms with Crippen molar-refractivity contribution in [1.29, 1.82) is 0 Å². The second kappa shape index (κ2) is 9.72. The number of benzene rings is 2. The van der Waals surface area contributed by atoms with Crippen molar-refractivity contribution in [3.63, 3.8) is 0 Å². The molecule has 7 heteroatoms. The Labute approximate surface area is 202 Å². The molecule has 2 aromatic rings. The van der Waals surface area contributed by atoms with E-state index in [-0.39, 0.29) is 11.3 Å². The number of Topliss-reactive ketones (excluding diaryl/α,β-unsaturated/α-hetero) is 1. The van der Waals surface area contributed by atoms with Crippen LogP contribution in [0.5, 0.6) is 0 Å². The molecule has 1 atom stereocenters. The van der Waals surface area contributed by atoms with Crippen molar-refractivity contribution >= 4 is 40.0 Å². The zero-order chi connectivity index (χ0) is 22.8. The smallest absolute Gasteiger partial charge is 0.295 e. The second-order valence-corrected chi connectivity index (χ2v) is 9.56. The quantitative estimate of drug-likeness (QED) is 0.269. The third kappa shape index (κ3) is 4.60. The van der Waals surface area contributed by atoms with Crippen LogP contribution in [0.3, 0.4) is 0 Å². The Morgan fingerprint density at radius 1 is 1.06 bits per heavy atom. The molecule has 168 valence electrons. The van der Waals surface area contributed by atoms with Gasteiger partial charge in [-0.3, -0.25) is 14.5 Å². The van der Waals surface area contributed by atoms with Crippen molar-refractivity contribution in [2.45, 2.75) is 19.9 Å². The molecule has 2 aromatic carbocycles. The molecule has 6 nitrogen and oxygen atoms in total. The number of amides is 1. The van der Waals surface area contributed by atoms with Crippen LogP contribution in [0.1, 0.15) is 28.3 Å². The first-order valence-electron chi connectivity index (χ1n) is 10.8. The fraction of sp³-hybridized carbons (Fsp3) is 0.360. The second-order valence-electron chi connectivity index (χ2n) is 8.32. The minimum Gasteiger partial charge on any atom is -0.507 e. The third-order valence-corrected chi connectivity index (χ3v) is 6.85. The average molecular weight is 546 g/mol. The molecule has 2 saturated heterocycles. The molecule has 0 aliphatic carbocycles. The molecule has 32 heavy (non-hydrogen) atoms. The summed E-state index contributed by atoms with van der Waals surface area (Å²) >= 11 is 2.23. The van der Waals surface area contributed by atoms with Gasteiger partial charge in [-0.2, -0.15) is 0 Å². The van der Waals surface area contributed by atoms with E-state index in [0.29, 0.717) is 31.9 Å². The summed E-state index contributed by atoms with van der Waals surface area (Å²) in [6.45, 7) is 7.85. The molecule has 2 heterocycles. The van der Waals surface area contributed by atoms with Gasteiger partial charge < -0.3 is 14.7 Å². The van der Waals surface area contributed by atoms with E-state index in [4.69, 9.17) is 4.74 Å².